The van der Waals surface area contributed by atoms with E-state index in [0.717, 1.165) is 36.6 Å². The van der Waals surface area contributed by atoms with Crippen molar-refractivity contribution in [3.05, 3.63) is 41.2 Å². The first-order chi connectivity index (χ1) is 10.7. The summed E-state index contributed by atoms with van der Waals surface area (Å²) >= 11 is 6.22. The van der Waals surface area contributed by atoms with Gasteiger partial charge in [0.15, 0.2) is 0 Å². The first-order valence-electron chi connectivity index (χ1n) is 7.68. The molecule has 1 unspecified atom stereocenters. The second-order valence-electron chi connectivity index (χ2n) is 5.68. The number of likely N-dealkylation sites (tertiary alicyclic amines) is 1. The number of rotatable bonds is 3. The lowest BCUT2D eigenvalue weighted by Crippen LogP contribution is -2.44. The summed E-state index contributed by atoms with van der Waals surface area (Å²) < 4.78 is 0. The Kier molecular flexibility index (Phi) is 4.60. The maximum Gasteiger partial charge on any atom is 0.272 e. The number of pyridine rings is 1. The predicted octanol–water partition coefficient (Wildman–Crippen LogP) is 3.27. The van der Waals surface area contributed by atoms with E-state index < -0.39 is 0 Å². The van der Waals surface area contributed by atoms with Gasteiger partial charge in [0.2, 0.25) is 0 Å². The zero-order valence-electron chi connectivity index (χ0n) is 12.3. The summed E-state index contributed by atoms with van der Waals surface area (Å²) in [7, 11) is 0. The zero-order valence-corrected chi connectivity index (χ0v) is 13.1. The van der Waals surface area contributed by atoms with Crippen LogP contribution in [0.4, 0.5) is 0 Å². The number of aromatic nitrogens is 1. The van der Waals surface area contributed by atoms with E-state index in [4.69, 9.17) is 11.6 Å². The van der Waals surface area contributed by atoms with Gasteiger partial charge in [-0.1, -0.05) is 35.9 Å². The molecule has 1 atom stereocenters. The number of piperidine rings is 1. The van der Waals surface area contributed by atoms with Gasteiger partial charge in [-0.05, 0) is 37.1 Å². The zero-order chi connectivity index (χ0) is 15.5. The molecule has 1 aromatic carbocycles. The third kappa shape index (κ3) is 2.94. The van der Waals surface area contributed by atoms with E-state index in [2.05, 4.69) is 4.98 Å². The summed E-state index contributed by atoms with van der Waals surface area (Å²) in [6.45, 7) is 0.815. The summed E-state index contributed by atoms with van der Waals surface area (Å²) in [5, 5.41) is 11.3. The van der Waals surface area contributed by atoms with Crippen molar-refractivity contribution >= 4 is 28.3 Å². The van der Waals surface area contributed by atoms with Crippen LogP contribution in [-0.2, 0) is 0 Å². The molecule has 0 spiro atoms. The number of aliphatic hydroxyl groups is 1. The monoisotopic (exact) mass is 318 g/mol. The highest BCUT2D eigenvalue weighted by molar-refractivity contribution is 6.34. The summed E-state index contributed by atoms with van der Waals surface area (Å²) in [6, 6.07) is 9.55. The van der Waals surface area contributed by atoms with E-state index in [9.17, 15) is 9.90 Å². The molecule has 3 rings (SSSR count). The standard InChI is InChI=1S/C17H19ClN2O2/c18-16-14-7-2-1-5-12(14)11-15(19-16)17(22)20-9-4-3-6-13(20)8-10-21/h1-2,5,7,11,13,21H,3-4,6,8-10H2. The first kappa shape index (κ1) is 15.3. The molecular weight excluding hydrogens is 300 g/mol. The van der Waals surface area contributed by atoms with Gasteiger partial charge in [0.25, 0.3) is 5.91 Å². The quantitative estimate of drug-likeness (QED) is 0.884. The minimum absolute atomic E-state index is 0.0918. The van der Waals surface area contributed by atoms with E-state index in [-0.39, 0.29) is 18.6 Å². The van der Waals surface area contributed by atoms with E-state index in [0.29, 0.717) is 17.3 Å². The van der Waals surface area contributed by atoms with Gasteiger partial charge in [0, 0.05) is 24.6 Å². The Morgan fingerprint density at radius 1 is 1.36 bits per heavy atom. The number of hydrogen-bond donors (Lipinski definition) is 1. The molecular formula is C17H19ClN2O2. The lowest BCUT2D eigenvalue weighted by atomic mass is 9.99. The van der Waals surface area contributed by atoms with Crippen LogP contribution in [0.3, 0.4) is 0 Å². The van der Waals surface area contributed by atoms with E-state index in [1.807, 2.05) is 29.2 Å². The van der Waals surface area contributed by atoms with Crippen molar-refractivity contribution in [2.24, 2.45) is 0 Å². The van der Waals surface area contributed by atoms with Crippen LogP contribution in [-0.4, -0.2) is 40.1 Å². The fraction of sp³-hybridized carbons (Fsp3) is 0.412. The highest BCUT2D eigenvalue weighted by Gasteiger charge is 2.28. The molecule has 1 N–H and O–H groups in total. The summed E-state index contributed by atoms with van der Waals surface area (Å²) in [6.07, 6.45) is 3.65. The van der Waals surface area contributed by atoms with Crippen molar-refractivity contribution in [3.63, 3.8) is 0 Å². The van der Waals surface area contributed by atoms with Gasteiger partial charge < -0.3 is 10.0 Å². The fourth-order valence-electron chi connectivity index (χ4n) is 3.13. The molecule has 1 amide bonds. The lowest BCUT2D eigenvalue weighted by Gasteiger charge is -2.35. The van der Waals surface area contributed by atoms with Crippen LogP contribution in [0.25, 0.3) is 10.8 Å². The average molecular weight is 319 g/mol. The number of benzene rings is 1. The molecule has 1 fully saturated rings. The van der Waals surface area contributed by atoms with Gasteiger partial charge in [-0.15, -0.1) is 0 Å². The SMILES string of the molecule is O=C(c1cc2ccccc2c(Cl)n1)N1CCCCC1CCO. The number of hydrogen-bond acceptors (Lipinski definition) is 3. The average Bonchev–Trinajstić information content (AvgIpc) is 2.55. The van der Waals surface area contributed by atoms with Crippen LogP contribution < -0.4 is 0 Å². The van der Waals surface area contributed by atoms with Crippen LogP contribution in [0.2, 0.25) is 5.15 Å². The summed E-state index contributed by atoms with van der Waals surface area (Å²) in [5.74, 6) is -0.0918. The summed E-state index contributed by atoms with van der Waals surface area (Å²) in [5.41, 5.74) is 0.383. The first-order valence-corrected chi connectivity index (χ1v) is 8.05. The second kappa shape index (κ2) is 6.63. The lowest BCUT2D eigenvalue weighted by molar-refractivity contribution is 0.0569. The molecule has 2 aromatic rings. The largest absolute Gasteiger partial charge is 0.396 e. The van der Waals surface area contributed by atoms with Crippen LogP contribution in [0.5, 0.6) is 0 Å². The minimum Gasteiger partial charge on any atom is -0.396 e. The van der Waals surface area contributed by atoms with Crippen molar-refractivity contribution in [2.75, 3.05) is 13.2 Å². The number of halogens is 1. The third-order valence-corrected chi connectivity index (χ3v) is 4.55. The maximum atomic E-state index is 12.8. The smallest absolute Gasteiger partial charge is 0.272 e. The van der Waals surface area contributed by atoms with Gasteiger partial charge in [-0.3, -0.25) is 4.79 Å². The second-order valence-corrected chi connectivity index (χ2v) is 6.04. The Morgan fingerprint density at radius 3 is 3.00 bits per heavy atom. The molecule has 0 radical (unpaired) electrons. The van der Waals surface area contributed by atoms with Gasteiger partial charge in [-0.2, -0.15) is 0 Å². The number of nitrogens with zero attached hydrogens (tertiary/aromatic N) is 2. The Hall–Kier alpha value is -1.65. The predicted molar refractivity (Wildman–Crippen MR) is 87.1 cm³/mol. The number of carbonyl (C=O) groups excluding carboxylic acids is 1. The van der Waals surface area contributed by atoms with Crippen molar-refractivity contribution in [1.29, 1.82) is 0 Å². The number of carbonyl (C=O) groups is 1. The molecule has 1 aliphatic rings. The third-order valence-electron chi connectivity index (χ3n) is 4.26. The summed E-state index contributed by atoms with van der Waals surface area (Å²) in [4.78, 5) is 18.9. The highest BCUT2D eigenvalue weighted by Crippen LogP contribution is 2.25. The Balaban J connectivity index is 1.93. The maximum absolute atomic E-state index is 12.8. The van der Waals surface area contributed by atoms with E-state index >= 15 is 0 Å². The molecule has 0 bridgehead atoms. The fourth-order valence-corrected chi connectivity index (χ4v) is 3.39. The highest BCUT2D eigenvalue weighted by atomic mass is 35.5. The van der Waals surface area contributed by atoms with Gasteiger partial charge in [0.1, 0.15) is 10.8 Å². The van der Waals surface area contributed by atoms with Gasteiger partial charge >= 0.3 is 0 Å². The van der Waals surface area contributed by atoms with E-state index in [1.54, 1.807) is 6.07 Å². The Labute approximate surface area is 134 Å². The van der Waals surface area contributed by atoms with Gasteiger partial charge in [-0.25, -0.2) is 4.98 Å². The molecule has 1 aromatic heterocycles. The number of fused-ring (bicyclic) bond motifs is 1. The van der Waals surface area contributed by atoms with Crippen molar-refractivity contribution < 1.29 is 9.90 Å². The molecule has 22 heavy (non-hydrogen) atoms. The van der Waals surface area contributed by atoms with Crippen LogP contribution in [0, 0.1) is 0 Å². The molecule has 116 valence electrons. The topological polar surface area (TPSA) is 53.4 Å². The van der Waals surface area contributed by atoms with Crippen molar-refractivity contribution in [2.45, 2.75) is 31.7 Å². The molecule has 2 heterocycles. The Morgan fingerprint density at radius 2 is 2.18 bits per heavy atom. The molecule has 4 nitrogen and oxygen atoms in total. The molecule has 5 heteroatoms. The van der Waals surface area contributed by atoms with E-state index in [1.165, 1.54) is 0 Å². The molecule has 1 saturated heterocycles. The van der Waals surface area contributed by atoms with Crippen molar-refractivity contribution in [3.8, 4) is 0 Å². The normalized spacial score (nSPS) is 18.6. The Bertz CT molecular complexity index is 687. The van der Waals surface area contributed by atoms with Crippen molar-refractivity contribution in [1.82, 2.24) is 9.88 Å². The molecule has 1 aliphatic heterocycles. The molecule has 0 aliphatic carbocycles. The number of amides is 1. The van der Waals surface area contributed by atoms with Gasteiger partial charge in [0.05, 0.1) is 0 Å². The van der Waals surface area contributed by atoms with Crippen LogP contribution in [0.15, 0.2) is 30.3 Å². The number of aliphatic hydroxyl groups excluding tert-OH is 1. The minimum atomic E-state index is -0.0918. The van der Waals surface area contributed by atoms with Crippen LogP contribution >= 0.6 is 11.6 Å². The molecule has 0 saturated carbocycles. The van der Waals surface area contributed by atoms with Crippen LogP contribution in [0.1, 0.15) is 36.2 Å².